The van der Waals surface area contributed by atoms with Crippen LogP contribution >= 0.6 is 0 Å². The summed E-state index contributed by atoms with van der Waals surface area (Å²) in [5.74, 6) is 2.01. The van der Waals surface area contributed by atoms with Crippen LogP contribution in [0.3, 0.4) is 0 Å². The molecular formula is C15H25NO3. The Kier molecular flexibility index (Phi) is 7.30. The summed E-state index contributed by atoms with van der Waals surface area (Å²) in [4.78, 5) is 0. The first kappa shape index (κ1) is 15.8. The summed E-state index contributed by atoms with van der Waals surface area (Å²) in [6, 6.07) is 5.88. The van der Waals surface area contributed by atoms with Crippen molar-refractivity contribution >= 4 is 0 Å². The molecular weight excluding hydrogens is 242 g/mol. The summed E-state index contributed by atoms with van der Waals surface area (Å²) in [7, 11) is 3.32. The SMILES string of the molecule is CCC(CO)CNCCc1ccc(OC)cc1OC. The summed E-state index contributed by atoms with van der Waals surface area (Å²) < 4.78 is 10.5. The number of rotatable bonds is 9. The normalized spacial score (nSPS) is 12.2. The molecule has 1 aromatic carbocycles. The molecule has 1 atom stereocenters. The molecule has 2 N–H and O–H groups in total. The highest BCUT2D eigenvalue weighted by atomic mass is 16.5. The molecule has 0 aromatic heterocycles. The molecule has 0 saturated heterocycles. The van der Waals surface area contributed by atoms with Crippen molar-refractivity contribution in [2.24, 2.45) is 5.92 Å². The summed E-state index contributed by atoms with van der Waals surface area (Å²) in [5, 5.41) is 12.5. The van der Waals surface area contributed by atoms with E-state index in [4.69, 9.17) is 14.6 Å². The number of ether oxygens (including phenoxy) is 2. The van der Waals surface area contributed by atoms with E-state index in [0.29, 0.717) is 5.92 Å². The van der Waals surface area contributed by atoms with Crippen LogP contribution in [0.4, 0.5) is 0 Å². The third kappa shape index (κ3) is 5.09. The van der Waals surface area contributed by atoms with Crippen molar-refractivity contribution in [1.29, 1.82) is 0 Å². The van der Waals surface area contributed by atoms with E-state index >= 15 is 0 Å². The van der Waals surface area contributed by atoms with Crippen molar-refractivity contribution in [1.82, 2.24) is 5.32 Å². The van der Waals surface area contributed by atoms with Gasteiger partial charge in [0.2, 0.25) is 0 Å². The fourth-order valence-electron chi connectivity index (χ4n) is 1.93. The van der Waals surface area contributed by atoms with Gasteiger partial charge in [0, 0.05) is 19.2 Å². The quantitative estimate of drug-likeness (QED) is 0.671. The lowest BCUT2D eigenvalue weighted by molar-refractivity contribution is 0.219. The Bertz CT molecular complexity index is 364. The van der Waals surface area contributed by atoms with Crippen molar-refractivity contribution in [3.63, 3.8) is 0 Å². The lowest BCUT2D eigenvalue weighted by Crippen LogP contribution is -2.26. The minimum absolute atomic E-state index is 0.245. The second-order valence-electron chi connectivity index (χ2n) is 4.59. The summed E-state index contributed by atoms with van der Waals surface area (Å²) in [6.45, 7) is 4.06. The fraction of sp³-hybridized carbons (Fsp3) is 0.600. The second kappa shape index (κ2) is 8.77. The number of aliphatic hydroxyl groups excluding tert-OH is 1. The Hall–Kier alpha value is -1.26. The zero-order chi connectivity index (χ0) is 14.1. The van der Waals surface area contributed by atoms with Gasteiger partial charge in [0.15, 0.2) is 0 Å². The molecule has 0 amide bonds. The zero-order valence-electron chi connectivity index (χ0n) is 12.1. The number of benzene rings is 1. The highest BCUT2D eigenvalue weighted by Crippen LogP contribution is 2.24. The largest absolute Gasteiger partial charge is 0.497 e. The lowest BCUT2D eigenvalue weighted by atomic mass is 10.1. The van der Waals surface area contributed by atoms with Gasteiger partial charge in [-0.05, 0) is 36.9 Å². The molecule has 0 bridgehead atoms. The van der Waals surface area contributed by atoms with Gasteiger partial charge < -0.3 is 19.9 Å². The molecule has 1 rings (SSSR count). The highest BCUT2D eigenvalue weighted by molar-refractivity contribution is 5.40. The molecule has 0 spiro atoms. The van der Waals surface area contributed by atoms with E-state index in [1.807, 2.05) is 18.2 Å². The van der Waals surface area contributed by atoms with Gasteiger partial charge in [0.05, 0.1) is 14.2 Å². The van der Waals surface area contributed by atoms with E-state index in [9.17, 15) is 0 Å². The predicted molar refractivity (Wildman–Crippen MR) is 77.0 cm³/mol. The molecule has 0 heterocycles. The Balaban J connectivity index is 2.44. The average molecular weight is 267 g/mol. The Labute approximate surface area is 115 Å². The molecule has 108 valence electrons. The highest BCUT2D eigenvalue weighted by Gasteiger charge is 2.06. The maximum atomic E-state index is 9.11. The van der Waals surface area contributed by atoms with E-state index in [-0.39, 0.29) is 6.61 Å². The van der Waals surface area contributed by atoms with E-state index < -0.39 is 0 Å². The predicted octanol–water partition coefficient (Wildman–Crippen LogP) is 1.85. The lowest BCUT2D eigenvalue weighted by Gasteiger charge is -2.14. The smallest absolute Gasteiger partial charge is 0.125 e. The minimum atomic E-state index is 0.245. The van der Waals surface area contributed by atoms with Crippen LogP contribution in [-0.4, -0.2) is 39.0 Å². The maximum absolute atomic E-state index is 9.11. The van der Waals surface area contributed by atoms with Gasteiger partial charge >= 0.3 is 0 Å². The van der Waals surface area contributed by atoms with Crippen molar-refractivity contribution in [3.8, 4) is 11.5 Å². The Morgan fingerprint density at radius 3 is 2.63 bits per heavy atom. The van der Waals surface area contributed by atoms with Crippen LogP contribution in [0.1, 0.15) is 18.9 Å². The zero-order valence-corrected chi connectivity index (χ0v) is 12.1. The average Bonchev–Trinajstić information content (AvgIpc) is 2.47. The number of hydrogen-bond donors (Lipinski definition) is 2. The summed E-state index contributed by atoms with van der Waals surface area (Å²) >= 11 is 0. The van der Waals surface area contributed by atoms with Gasteiger partial charge in [-0.3, -0.25) is 0 Å². The molecule has 0 aliphatic carbocycles. The molecule has 0 fully saturated rings. The van der Waals surface area contributed by atoms with Crippen molar-refractivity contribution in [2.45, 2.75) is 19.8 Å². The summed E-state index contributed by atoms with van der Waals surface area (Å²) in [6.07, 6.45) is 1.89. The molecule has 1 aromatic rings. The van der Waals surface area contributed by atoms with Gasteiger partial charge in [-0.15, -0.1) is 0 Å². The topological polar surface area (TPSA) is 50.7 Å². The number of hydrogen-bond acceptors (Lipinski definition) is 4. The summed E-state index contributed by atoms with van der Waals surface area (Å²) in [5.41, 5.74) is 1.16. The third-order valence-electron chi connectivity index (χ3n) is 3.33. The van der Waals surface area contributed by atoms with Gasteiger partial charge in [-0.1, -0.05) is 13.0 Å². The van der Waals surface area contributed by atoms with Gasteiger partial charge in [0.1, 0.15) is 11.5 Å². The minimum Gasteiger partial charge on any atom is -0.497 e. The Morgan fingerprint density at radius 1 is 1.26 bits per heavy atom. The standard InChI is InChI=1S/C15H25NO3/c1-4-12(11-17)10-16-8-7-13-5-6-14(18-2)9-15(13)19-3/h5-6,9,12,16-17H,4,7-8,10-11H2,1-3H3. The number of methoxy groups -OCH3 is 2. The van der Waals surface area contributed by atoms with Crippen LogP contribution in [0, 0.1) is 5.92 Å². The van der Waals surface area contributed by atoms with Crippen molar-refractivity contribution in [3.05, 3.63) is 23.8 Å². The van der Waals surface area contributed by atoms with Crippen LogP contribution in [0.5, 0.6) is 11.5 Å². The van der Waals surface area contributed by atoms with E-state index in [1.54, 1.807) is 14.2 Å². The Morgan fingerprint density at radius 2 is 2.05 bits per heavy atom. The van der Waals surface area contributed by atoms with Crippen LogP contribution in [0.25, 0.3) is 0 Å². The molecule has 4 nitrogen and oxygen atoms in total. The number of aliphatic hydroxyl groups is 1. The van der Waals surface area contributed by atoms with Gasteiger partial charge in [0.25, 0.3) is 0 Å². The van der Waals surface area contributed by atoms with Crippen LogP contribution < -0.4 is 14.8 Å². The molecule has 0 aliphatic rings. The fourth-order valence-corrected chi connectivity index (χ4v) is 1.93. The monoisotopic (exact) mass is 267 g/mol. The molecule has 0 saturated carbocycles. The van der Waals surface area contributed by atoms with Crippen LogP contribution in [0.2, 0.25) is 0 Å². The molecule has 0 aliphatic heterocycles. The van der Waals surface area contributed by atoms with Crippen molar-refractivity contribution in [2.75, 3.05) is 33.9 Å². The van der Waals surface area contributed by atoms with Gasteiger partial charge in [-0.2, -0.15) is 0 Å². The first-order valence-corrected chi connectivity index (χ1v) is 6.77. The van der Waals surface area contributed by atoms with E-state index in [0.717, 1.165) is 43.0 Å². The van der Waals surface area contributed by atoms with Crippen molar-refractivity contribution < 1.29 is 14.6 Å². The number of nitrogens with one attached hydrogen (secondary N) is 1. The third-order valence-corrected chi connectivity index (χ3v) is 3.33. The first-order chi connectivity index (χ1) is 9.24. The second-order valence-corrected chi connectivity index (χ2v) is 4.59. The first-order valence-electron chi connectivity index (χ1n) is 6.77. The molecule has 0 radical (unpaired) electrons. The van der Waals surface area contributed by atoms with Gasteiger partial charge in [-0.25, -0.2) is 0 Å². The van der Waals surface area contributed by atoms with Crippen LogP contribution in [-0.2, 0) is 6.42 Å². The molecule has 1 unspecified atom stereocenters. The molecule has 4 heteroatoms. The van der Waals surface area contributed by atoms with Crippen LogP contribution in [0.15, 0.2) is 18.2 Å². The van der Waals surface area contributed by atoms with E-state index in [2.05, 4.69) is 12.2 Å². The maximum Gasteiger partial charge on any atom is 0.125 e. The molecule has 19 heavy (non-hydrogen) atoms. The van der Waals surface area contributed by atoms with E-state index in [1.165, 1.54) is 0 Å².